The van der Waals surface area contributed by atoms with Gasteiger partial charge in [-0.15, -0.1) is 0 Å². The van der Waals surface area contributed by atoms with Gasteiger partial charge in [0, 0.05) is 31.4 Å². The lowest BCUT2D eigenvalue weighted by molar-refractivity contribution is -0.117. The number of carbonyl (C=O) groups excluding carboxylic acids is 2. The van der Waals surface area contributed by atoms with Crippen molar-refractivity contribution in [2.24, 2.45) is 7.05 Å². The molecule has 13 heteroatoms. The van der Waals surface area contributed by atoms with E-state index in [2.05, 4.69) is 10.0 Å². The van der Waals surface area contributed by atoms with Crippen LogP contribution in [0.5, 0.6) is 0 Å². The minimum atomic E-state index is -4.08. The first kappa shape index (κ1) is 26.5. The second kappa shape index (κ2) is 10.6. The van der Waals surface area contributed by atoms with Gasteiger partial charge in [0.25, 0.3) is 5.91 Å². The van der Waals surface area contributed by atoms with Gasteiger partial charge in [-0.1, -0.05) is 35.3 Å². The number of rotatable bonds is 9. The molecule has 1 heterocycles. The summed E-state index contributed by atoms with van der Waals surface area (Å²) in [6, 6.07) is 10.1. The Kier molecular flexibility index (Phi) is 8.06. The lowest BCUT2D eigenvalue weighted by Gasteiger charge is -2.20. The molecule has 2 aromatic carbocycles. The number of carboxylic acid groups (broad SMARTS) is 1. The molecule has 4 N–H and O–H groups in total. The highest BCUT2D eigenvalue weighted by Gasteiger charge is 2.22. The summed E-state index contributed by atoms with van der Waals surface area (Å²) >= 11 is 12.4. The Hall–Kier alpha value is -3.12. The third-order valence-electron chi connectivity index (χ3n) is 5.19. The quantitative estimate of drug-likeness (QED) is 0.328. The van der Waals surface area contributed by atoms with Crippen LogP contribution in [0.1, 0.15) is 45.8 Å². The normalized spacial score (nSPS) is 12.3. The molecule has 0 saturated heterocycles. The molecule has 0 fully saturated rings. The average Bonchev–Trinajstić information content (AvgIpc) is 3.11. The molecule has 0 bridgehead atoms. The van der Waals surface area contributed by atoms with Gasteiger partial charge < -0.3 is 15.0 Å². The fourth-order valence-corrected chi connectivity index (χ4v) is 4.79. The van der Waals surface area contributed by atoms with Crippen LogP contribution in [-0.2, 0) is 22.1 Å². The molecule has 2 amide bonds. The van der Waals surface area contributed by atoms with Gasteiger partial charge in [-0.25, -0.2) is 9.52 Å². The third kappa shape index (κ3) is 6.31. The predicted octanol–water partition coefficient (Wildman–Crippen LogP) is 3.02. The van der Waals surface area contributed by atoms with Gasteiger partial charge in [-0.2, -0.15) is 13.1 Å². The maximum atomic E-state index is 13.2. The fraction of sp³-hybridized carbons (Fsp3) is 0.227. The molecule has 0 radical (unpaired) electrons. The van der Waals surface area contributed by atoms with E-state index in [1.165, 1.54) is 18.2 Å². The Morgan fingerprint density at radius 3 is 2.49 bits per heavy atom. The van der Waals surface area contributed by atoms with Crippen molar-refractivity contribution in [2.75, 3.05) is 6.54 Å². The lowest BCUT2D eigenvalue weighted by Crippen LogP contribution is -2.40. The van der Waals surface area contributed by atoms with Crippen LogP contribution in [-0.4, -0.2) is 42.4 Å². The molecule has 3 rings (SSSR count). The molecule has 10 nitrogen and oxygen atoms in total. The molecular weight excluding hydrogens is 519 g/mol. The van der Waals surface area contributed by atoms with Crippen LogP contribution in [0.4, 0.5) is 0 Å². The molecule has 1 aromatic heterocycles. The minimum Gasteiger partial charge on any atom is -0.478 e. The number of nitrogens with zero attached hydrogens (tertiary/aromatic N) is 1. The number of aryl methyl sites for hydroxylation is 1. The highest BCUT2D eigenvalue weighted by Crippen LogP contribution is 2.32. The van der Waals surface area contributed by atoms with E-state index in [-0.39, 0.29) is 24.2 Å². The fourth-order valence-electron chi connectivity index (χ4n) is 3.57. The smallest absolute Gasteiger partial charge is 0.335 e. The van der Waals surface area contributed by atoms with Crippen molar-refractivity contribution >= 4 is 62.1 Å². The van der Waals surface area contributed by atoms with Gasteiger partial charge >= 0.3 is 16.2 Å². The van der Waals surface area contributed by atoms with Crippen LogP contribution in [0, 0.1) is 0 Å². The van der Waals surface area contributed by atoms with Gasteiger partial charge in [0.05, 0.1) is 21.7 Å². The van der Waals surface area contributed by atoms with Crippen molar-refractivity contribution in [3.05, 3.63) is 69.3 Å². The zero-order valence-electron chi connectivity index (χ0n) is 18.6. The van der Waals surface area contributed by atoms with Gasteiger partial charge in [0.2, 0.25) is 5.91 Å². The molecule has 3 aromatic rings. The zero-order valence-corrected chi connectivity index (χ0v) is 21.0. The standard InChI is InChI=1S/C22H22Cl2N4O6S/c1-12(29)27-35(33,34)25-9-8-17(13-4-3-5-14(10-13)22(31)32)26-21(30)19-11-15-18(28(19)2)7-6-16(23)20(15)24/h3-7,10-11,17,25H,8-9H2,1-2H3,(H,26,30)(H,27,29)(H,31,32). The van der Waals surface area contributed by atoms with E-state index in [0.29, 0.717) is 26.5 Å². The van der Waals surface area contributed by atoms with Crippen molar-refractivity contribution in [3.63, 3.8) is 0 Å². The highest BCUT2D eigenvalue weighted by atomic mass is 35.5. The van der Waals surface area contributed by atoms with Crippen molar-refractivity contribution in [3.8, 4) is 0 Å². The first-order valence-electron chi connectivity index (χ1n) is 10.2. The number of fused-ring (bicyclic) bond motifs is 1. The Bertz CT molecular complexity index is 1420. The number of hydrogen-bond donors (Lipinski definition) is 4. The SMILES string of the molecule is CC(=O)NS(=O)(=O)NCCC(NC(=O)c1cc2c(Cl)c(Cl)ccc2n1C)c1cccc(C(=O)O)c1. The molecule has 0 aliphatic rings. The maximum absolute atomic E-state index is 13.2. The summed E-state index contributed by atoms with van der Waals surface area (Å²) < 4.78 is 29.5. The van der Waals surface area contributed by atoms with Crippen LogP contribution in [0.3, 0.4) is 0 Å². The van der Waals surface area contributed by atoms with Crippen LogP contribution >= 0.6 is 23.2 Å². The van der Waals surface area contributed by atoms with Crippen LogP contribution < -0.4 is 14.8 Å². The third-order valence-corrected chi connectivity index (χ3v) is 7.15. The second-order valence-corrected chi connectivity index (χ2v) is 9.97. The van der Waals surface area contributed by atoms with Crippen LogP contribution in [0.25, 0.3) is 10.9 Å². The Labute approximate surface area is 211 Å². The summed E-state index contributed by atoms with van der Waals surface area (Å²) in [6.45, 7) is 0.907. The number of hydrogen-bond acceptors (Lipinski definition) is 5. The van der Waals surface area contributed by atoms with Gasteiger partial charge in [0.15, 0.2) is 0 Å². The summed E-state index contributed by atoms with van der Waals surface area (Å²) in [5.41, 5.74) is 1.41. The largest absolute Gasteiger partial charge is 0.478 e. The van der Waals surface area contributed by atoms with E-state index < -0.39 is 34.0 Å². The Morgan fingerprint density at radius 2 is 1.83 bits per heavy atom. The molecule has 186 valence electrons. The van der Waals surface area contributed by atoms with E-state index >= 15 is 0 Å². The van der Waals surface area contributed by atoms with Crippen molar-refractivity contribution in [2.45, 2.75) is 19.4 Å². The van der Waals surface area contributed by atoms with Crippen LogP contribution in [0.2, 0.25) is 10.0 Å². The van der Waals surface area contributed by atoms with Crippen LogP contribution in [0.15, 0.2) is 42.5 Å². The number of nitrogens with one attached hydrogen (secondary N) is 3. The molecule has 0 aliphatic heterocycles. The first-order valence-corrected chi connectivity index (χ1v) is 12.5. The lowest BCUT2D eigenvalue weighted by atomic mass is 10.0. The van der Waals surface area contributed by atoms with Crippen molar-refractivity contribution in [1.82, 2.24) is 19.3 Å². The average molecular weight is 541 g/mol. The van der Waals surface area contributed by atoms with E-state index in [4.69, 9.17) is 23.2 Å². The zero-order chi connectivity index (χ0) is 25.9. The highest BCUT2D eigenvalue weighted by molar-refractivity contribution is 7.88. The molecule has 0 spiro atoms. The van der Waals surface area contributed by atoms with E-state index in [1.54, 1.807) is 40.6 Å². The molecule has 0 saturated carbocycles. The molecular formula is C22H22Cl2N4O6S. The molecule has 0 aliphatic carbocycles. The van der Waals surface area contributed by atoms with Crippen molar-refractivity contribution in [1.29, 1.82) is 0 Å². The van der Waals surface area contributed by atoms with Gasteiger partial charge in [-0.3, -0.25) is 9.59 Å². The summed E-state index contributed by atoms with van der Waals surface area (Å²) in [5.74, 6) is -2.40. The minimum absolute atomic E-state index is 0.00612. The topological polar surface area (TPSA) is 147 Å². The van der Waals surface area contributed by atoms with Crippen molar-refractivity contribution < 1.29 is 27.9 Å². The number of aromatic nitrogens is 1. The number of benzene rings is 2. The number of carbonyl (C=O) groups is 3. The second-order valence-electron chi connectivity index (χ2n) is 7.68. The molecule has 1 atom stereocenters. The Balaban J connectivity index is 1.90. The summed E-state index contributed by atoms with van der Waals surface area (Å²) in [6.07, 6.45) is 0.0597. The van der Waals surface area contributed by atoms with E-state index in [9.17, 15) is 27.9 Å². The summed E-state index contributed by atoms with van der Waals surface area (Å²) in [4.78, 5) is 35.7. The number of amides is 2. The summed E-state index contributed by atoms with van der Waals surface area (Å²) in [7, 11) is -2.40. The summed E-state index contributed by atoms with van der Waals surface area (Å²) in [5, 5.41) is 13.4. The molecule has 1 unspecified atom stereocenters. The molecule has 35 heavy (non-hydrogen) atoms. The van der Waals surface area contributed by atoms with E-state index in [0.717, 1.165) is 6.92 Å². The van der Waals surface area contributed by atoms with Gasteiger partial charge in [0.1, 0.15) is 5.69 Å². The van der Waals surface area contributed by atoms with E-state index in [1.807, 2.05) is 0 Å². The number of halogens is 2. The predicted molar refractivity (Wildman–Crippen MR) is 132 cm³/mol. The van der Waals surface area contributed by atoms with Gasteiger partial charge in [-0.05, 0) is 42.3 Å². The first-order chi connectivity index (χ1) is 16.4. The maximum Gasteiger partial charge on any atom is 0.335 e. The number of carboxylic acids is 1. The monoisotopic (exact) mass is 540 g/mol. The number of aromatic carboxylic acids is 1. The Morgan fingerprint density at radius 1 is 1.11 bits per heavy atom.